The van der Waals surface area contributed by atoms with Crippen LogP contribution in [-0.4, -0.2) is 4.70 Å². The molecule has 0 amide bonds. The first kappa shape index (κ1) is 51.6. The Morgan fingerprint density at radius 2 is 0.907 bits per heavy atom. The van der Waals surface area contributed by atoms with Crippen molar-refractivity contribution < 1.29 is 21.2 Å². The fourth-order valence-corrected chi connectivity index (χ4v) is 7.61. The first-order valence-corrected chi connectivity index (χ1v) is 21.7. The molecule has 1 aliphatic heterocycles. The number of rotatable bonds is 28. The first-order chi connectivity index (χ1) is 25.2. The molecule has 0 fully saturated rings. The van der Waals surface area contributed by atoms with Gasteiger partial charge in [-0.25, -0.2) is 4.70 Å². The third-order valence-electron chi connectivity index (χ3n) is 10.8. The quantitative estimate of drug-likeness (QED) is 0.0270. The number of nitrogens with zero attached hydrogens (tertiary/aromatic N) is 2. The van der Waals surface area contributed by atoms with Gasteiger partial charge in [-0.3, -0.25) is 0 Å². The summed E-state index contributed by atoms with van der Waals surface area (Å²) in [6.07, 6.45) is 33.8. The molecule has 3 heteroatoms. The number of hydrogen-bond acceptors (Lipinski definition) is 0. The maximum atomic E-state index is 12.1. The molecule has 0 unspecified atom stereocenters. The van der Waals surface area contributed by atoms with Gasteiger partial charge in [-0.2, -0.15) is 0 Å². The van der Waals surface area contributed by atoms with Gasteiger partial charge in [-0.05, 0) is 80.7 Å². The van der Waals surface area contributed by atoms with Crippen LogP contribution in [0.5, 0.6) is 0 Å². The summed E-state index contributed by atoms with van der Waals surface area (Å²) in [4.78, 5) is 0. The van der Waals surface area contributed by atoms with E-state index >= 15 is 0 Å². The predicted molar refractivity (Wildman–Crippen MR) is 236 cm³/mol. The Balaban J connectivity index is 0.00000936. The summed E-state index contributed by atoms with van der Waals surface area (Å²) >= 11 is 0. The van der Waals surface area contributed by atoms with Crippen molar-refractivity contribution >= 4 is 11.4 Å². The van der Waals surface area contributed by atoms with Crippen LogP contribution in [0.15, 0.2) is 59.7 Å². The summed E-state index contributed by atoms with van der Waals surface area (Å²) in [7, 11) is 0. The zero-order valence-electron chi connectivity index (χ0n) is 35.9. The van der Waals surface area contributed by atoms with Crippen LogP contribution >= 0.6 is 0 Å². The summed E-state index contributed by atoms with van der Waals surface area (Å²) in [5.41, 5.74) is 21.7. The molecule has 1 aliphatic rings. The Bertz CT molecular complexity index is 1390. The molecule has 0 saturated carbocycles. The van der Waals surface area contributed by atoms with Crippen molar-refractivity contribution in [1.82, 2.24) is 0 Å². The van der Waals surface area contributed by atoms with E-state index in [4.69, 9.17) is 0 Å². The molecule has 0 spiro atoms. The smallest absolute Gasteiger partial charge is 0.493 e. The molecule has 2 aromatic carbocycles. The molecule has 0 aliphatic carbocycles. The van der Waals surface area contributed by atoms with Crippen LogP contribution in [0.1, 0.15) is 210 Å². The van der Waals surface area contributed by atoms with Gasteiger partial charge >= 0.3 is 16.5 Å². The van der Waals surface area contributed by atoms with Crippen molar-refractivity contribution in [3.05, 3.63) is 102 Å². The summed E-state index contributed by atoms with van der Waals surface area (Å²) in [6, 6.07) is 17.7. The van der Waals surface area contributed by atoms with Gasteiger partial charge < -0.3 is 20.4 Å². The zero-order chi connectivity index (χ0) is 36.4. The number of aryl methyl sites for hydroxylation is 2. The summed E-state index contributed by atoms with van der Waals surface area (Å²) in [5, 5.41) is 0. The Labute approximate surface area is 346 Å². The van der Waals surface area contributed by atoms with E-state index in [9.17, 15) is 5.53 Å². The van der Waals surface area contributed by atoms with Gasteiger partial charge in [0.25, 0.3) is 0 Å². The SMILES string of the molecule is CCCCCCCCCCCCCCCCCC#CCCc1ccccc1C1=C(CCCC)C(CCCC)=C(c2ccc(CCCC)cc2)[N+]1=[N-].[CH3-].[CH3-].[Ni+2]. The fourth-order valence-electron chi connectivity index (χ4n) is 7.61. The second kappa shape index (κ2) is 32.8. The number of allylic oxidation sites excluding steroid dienone is 2. The van der Waals surface area contributed by atoms with E-state index in [2.05, 4.69) is 88.1 Å². The van der Waals surface area contributed by atoms with Crippen molar-refractivity contribution in [3.63, 3.8) is 0 Å². The van der Waals surface area contributed by atoms with Crippen molar-refractivity contribution in [3.8, 4) is 11.8 Å². The molecule has 0 radical (unpaired) electrons. The van der Waals surface area contributed by atoms with Crippen molar-refractivity contribution in [2.45, 2.75) is 201 Å². The minimum Gasteiger partial charge on any atom is -0.493 e. The largest absolute Gasteiger partial charge is 2.00 e. The molecule has 304 valence electrons. The molecule has 0 aromatic heterocycles. The van der Waals surface area contributed by atoms with Gasteiger partial charge in [-0.15, -0.1) is 11.8 Å². The topological polar surface area (TPSA) is 25.3 Å². The molecule has 0 atom stereocenters. The van der Waals surface area contributed by atoms with E-state index in [0.29, 0.717) is 0 Å². The number of unbranched alkanes of at least 4 members (excludes halogenated alkanes) is 18. The number of benzene rings is 2. The van der Waals surface area contributed by atoms with E-state index in [1.807, 2.05) is 0 Å². The number of hydrogen-bond donors (Lipinski definition) is 0. The molecular weight excluding hydrogens is 699 g/mol. The molecule has 1 heterocycles. The van der Waals surface area contributed by atoms with E-state index in [0.717, 1.165) is 81.2 Å². The minimum atomic E-state index is 0. The molecule has 0 N–H and O–H groups in total. The van der Waals surface area contributed by atoms with Gasteiger partial charge in [0.2, 0.25) is 11.4 Å². The average Bonchev–Trinajstić information content (AvgIpc) is 3.43. The molecule has 54 heavy (non-hydrogen) atoms. The minimum absolute atomic E-state index is 0. The standard InChI is InChI=1S/C49H74N2.2CH3.Ni/c1-5-9-13-14-15-16-17-18-19-20-21-22-23-24-25-26-27-28-29-33-43-34-30-31-37-45(43)49-47(36-12-8-4)46(35-11-7-3)48(51(49)50)44-40-38-42(39-41-44)32-10-6-2;;;/h30-31,34,37-41H,5-26,29,32-33,35-36H2,1-4H3;2*1H3;/q;2*-1;+2. The molecule has 2 nitrogen and oxygen atoms in total. The van der Waals surface area contributed by atoms with Crippen LogP contribution < -0.4 is 0 Å². The van der Waals surface area contributed by atoms with Crippen molar-refractivity contribution in [2.24, 2.45) is 0 Å². The fraction of sp³-hybridized carbons (Fsp3) is 0.608. The van der Waals surface area contributed by atoms with Crippen LogP contribution in [0, 0.1) is 26.7 Å². The maximum absolute atomic E-state index is 12.1. The van der Waals surface area contributed by atoms with Gasteiger partial charge in [-0.1, -0.05) is 167 Å². The van der Waals surface area contributed by atoms with E-state index in [1.165, 1.54) is 137 Å². The normalized spacial score (nSPS) is 12.3. The van der Waals surface area contributed by atoms with Crippen LogP contribution in [0.25, 0.3) is 16.9 Å². The van der Waals surface area contributed by atoms with Crippen LogP contribution in [0.4, 0.5) is 0 Å². The van der Waals surface area contributed by atoms with E-state index in [1.54, 1.807) is 4.70 Å². The molecule has 0 bridgehead atoms. The zero-order valence-corrected chi connectivity index (χ0v) is 36.9. The molecule has 0 saturated heterocycles. The van der Waals surface area contributed by atoms with Crippen LogP contribution in [0.2, 0.25) is 0 Å². The van der Waals surface area contributed by atoms with Crippen molar-refractivity contribution in [1.29, 1.82) is 0 Å². The predicted octanol–water partition coefficient (Wildman–Crippen LogP) is 16.7. The second-order valence-corrected chi connectivity index (χ2v) is 15.2. The van der Waals surface area contributed by atoms with Gasteiger partial charge in [0, 0.05) is 35.1 Å². The third-order valence-corrected chi connectivity index (χ3v) is 10.8. The Morgan fingerprint density at radius 3 is 1.44 bits per heavy atom. The van der Waals surface area contributed by atoms with Crippen LogP contribution in [-0.2, 0) is 29.3 Å². The second-order valence-electron chi connectivity index (χ2n) is 15.2. The monoisotopic (exact) mass is 779 g/mol. The Morgan fingerprint density at radius 1 is 0.463 bits per heavy atom. The van der Waals surface area contributed by atoms with Gasteiger partial charge in [0.15, 0.2) is 0 Å². The van der Waals surface area contributed by atoms with Gasteiger partial charge in [0.05, 0.1) is 0 Å². The third kappa shape index (κ3) is 18.5. The summed E-state index contributed by atoms with van der Waals surface area (Å²) < 4.78 is 1.55. The van der Waals surface area contributed by atoms with Crippen LogP contribution in [0.3, 0.4) is 0 Å². The van der Waals surface area contributed by atoms with Crippen molar-refractivity contribution in [2.75, 3.05) is 0 Å². The summed E-state index contributed by atoms with van der Waals surface area (Å²) in [5.74, 6) is 6.98. The van der Waals surface area contributed by atoms with E-state index < -0.39 is 0 Å². The average molecular weight is 780 g/mol. The Hall–Kier alpha value is -2.43. The molecular formula is C51H80N2Ni. The van der Waals surface area contributed by atoms with Gasteiger partial charge in [0.1, 0.15) is 0 Å². The Kier molecular flexibility index (Phi) is 31.3. The molecule has 3 rings (SSSR count). The molecule has 2 aromatic rings. The maximum Gasteiger partial charge on any atom is 2.00 e. The first-order valence-electron chi connectivity index (χ1n) is 21.7. The summed E-state index contributed by atoms with van der Waals surface area (Å²) in [6.45, 7) is 9.08. The van der Waals surface area contributed by atoms with E-state index in [-0.39, 0.29) is 31.3 Å².